The van der Waals surface area contributed by atoms with Gasteiger partial charge in [-0.3, -0.25) is 0 Å². The van der Waals surface area contributed by atoms with Crippen molar-refractivity contribution in [1.29, 1.82) is 0 Å². The quantitative estimate of drug-likeness (QED) is 0.306. The Morgan fingerprint density at radius 3 is 2.14 bits per heavy atom. The number of rotatable bonds is 0. The van der Waals surface area contributed by atoms with Crippen LogP contribution in [0.3, 0.4) is 0 Å². The van der Waals surface area contributed by atoms with E-state index in [0.717, 1.165) is 0 Å². The van der Waals surface area contributed by atoms with Crippen molar-refractivity contribution in [3.8, 4) is 0 Å². The Hall–Kier alpha value is -0.680. The van der Waals surface area contributed by atoms with Gasteiger partial charge in [0.1, 0.15) is 0 Å². The molecule has 7 heavy (non-hydrogen) atoms. The summed E-state index contributed by atoms with van der Waals surface area (Å²) in [5, 5.41) is 0. The second-order valence-electron chi connectivity index (χ2n) is 0.770. The fraction of sp³-hybridized carbons (Fsp3) is 0. The van der Waals surface area contributed by atoms with E-state index >= 15 is 0 Å². The molecule has 0 aromatic heterocycles. The number of hydrogen-bond donors (Lipinski definition) is 2. The van der Waals surface area contributed by atoms with Gasteiger partial charge in [-0.25, -0.2) is 4.79 Å². The van der Waals surface area contributed by atoms with Crippen LogP contribution in [0.15, 0.2) is 0 Å². The molecule has 4 N–H and O–H groups in total. The Balaban J connectivity index is 3.58. The molecule has 0 spiro atoms. The minimum atomic E-state index is -0.866. The average Bonchev–Trinajstić information content (AvgIpc) is 1.65. The Morgan fingerprint density at radius 1 is 1.71 bits per heavy atom. The monoisotopic (exact) mass is 120 g/mol. The summed E-state index contributed by atoms with van der Waals surface area (Å²) >= 11 is 4.14. The molecule has 5 heteroatoms. The molecule has 0 rings (SSSR count). The van der Waals surface area contributed by atoms with Gasteiger partial charge in [0.25, 0.3) is 0 Å². The van der Waals surface area contributed by atoms with Gasteiger partial charge < -0.3 is 10.6 Å². The Morgan fingerprint density at radius 2 is 2.14 bits per heavy atom. The van der Waals surface area contributed by atoms with Crippen LogP contribution in [0.4, 0.5) is 0 Å². The lowest BCUT2D eigenvalue weighted by atomic mass is 10.7. The van der Waals surface area contributed by atoms with Crippen molar-refractivity contribution in [1.82, 2.24) is 0 Å². The molecule has 40 valence electrons. The van der Waals surface area contributed by atoms with Gasteiger partial charge in [-0.2, -0.15) is 5.90 Å². The highest BCUT2D eigenvalue weighted by atomic mass is 32.1. The van der Waals surface area contributed by atoms with Gasteiger partial charge in [0.05, 0.1) is 0 Å². The molecule has 0 aliphatic carbocycles. The minimum Gasteiger partial charge on any atom is -0.384 e. The van der Waals surface area contributed by atoms with Gasteiger partial charge in [0, 0.05) is 0 Å². The van der Waals surface area contributed by atoms with Crippen LogP contribution in [-0.4, -0.2) is 11.0 Å². The molecule has 0 aromatic carbocycles. The molecule has 0 aliphatic rings. The van der Waals surface area contributed by atoms with Crippen LogP contribution in [0, 0.1) is 0 Å². The normalized spacial score (nSPS) is 7.57. The summed E-state index contributed by atoms with van der Waals surface area (Å²) in [6.07, 6.45) is 0. The zero-order valence-electron chi connectivity index (χ0n) is 3.38. The largest absolute Gasteiger partial charge is 0.384 e. The van der Waals surface area contributed by atoms with E-state index in [1.165, 1.54) is 0 Å². The van der Waals surface area contributed by atoms with Crippen molar-refractivity contribution in [3.63, 3.8) is 0 Å². The lowest BCUT2D eigenvalue weighted by molar-refractivity contribution is -0.135. The standard InChI is InChI=1S/C2H4N2O2S/c3-1(7)2(5)6-4/h4H2,(H2,3,7). The fourth-order valence-corrected chi connectivity index (χ4v) is 0.106. The van der Waals surface area contributed by atoms with E-state index < -0.39 is 5.97 Å². The summed E-state index contributed by atoms with van der Waals surface area (Å²) in [5.74, 6) is 3.49. The molecule has 4 nitrogen and oxygen atoms in total. The molecule has 0 heterocycles. The molecular weight excluding hydrogens is 116 g/mol. The second kappa shape index (κ2) is 2.49. The van der Waals surface area contributed by atoms with E-state index in [0.29, 0.717) is 0 Å². The molecule has 0 aromatic rings. The third kappa shape index (κ3) is 2.07. The third-order valence-corrected chi connectivity index (χ3v) is 0.475. The lowest BCUT2D eigenvalue weighted by Gasteiger charge is -1.88. The van der Waals surface area contributed by atoms with Gasteiger partial charge in [0.15, 0.2) is 4.99 Å². The minimum absolute atomic E-state index is 0.359. The highest BCUT2D eigenvalue weighted by molar-refractivity contribution is 7.81. The summed E-state index contributed by atoms with van der Waals surface area (Å²) in [6, 6.07) is 0. The molecule has 0 atom stereocenters. The van der Waals surface area contributed by atoms with Crippen molar-refractivity contribution in [3.05, 3.63) is 0 Å². The van der Waals surface area contributed by atoms with Crippen LogP contribution < -0.4 is 11.6 Å². The number of carbonyl (C=O) groups is 1. The fourth-order valence-electron chi connectivity index (χ4n) is 0.0581. The van der Waals surface area contributed by atoms with Crippen LogP contribution in [-0.2, 0) is 9.63 Å². The first-order chi connectivity index (χ1) is 3.18. The summed E-state index contributed by atoms with van der Waals surface area (Å²) in [5.41, 5.74) is 4.72. The Labute approximate surface area is 45.4 Å². The van der Waals surface area contributed by atoms with E-state index in [1.807, 2.05) is 0 Å². The smallest absolute Gasteiger partial charge is 0.384 e. The maximum Gasteiger partial charge on any atom is 0.384 e. The van der Waals surface area contributed by atoms with E-state index in [4.69, 9.17) is 5.73 Å². The summed E-state index contributed by atoms with van der Waals surface area (Å²) in [7, 11) is 0. The van der Waals surface area contributed by atoms with Crippen molar-refractivity contribution in [2.24, 2.45) is 11.6 Å². The highest BCUT2D eigenvalue weighted by Crippen LogP contribution is 1.67. The van der Waals surface area contributed by atoms with Crippen LogP contribution in [0.2, 0.25) is 0 Å². The summed E-state index contributed by atoms with van der Waals surface area (Å²) in [6.45, 7) is 0. The molecule has 0 saturated carbocycles. The molecule has 0 radical (unpaired) electrons. The van der Waals surface area contributed by atoms with Crippen molar-refractivity contribution < 1.29 is 9.63 Å². The first kappa shape index (κ1) is 6.32. The third-order valence-electron chi connectivity index (χ3n) is 0.308. The maximum atomic E-state index is 9.90. The number of hydrogen-bond acceptors (Lipinski definition) is 4. The number of thiocarbonyl (C=S) groups is 1. The zero-order valence-corrected chi connectivity index (χ0v) is 4.20. The second-order valence-corrected chi connectivity index (χ2v) is 1.21. The molecule has 0 amide bonds. The predicted molar refractivity (Wildman–Crippen MR) is 27.1 cm³/mol. The first-order valence-electron chi connectivity index (χ1n) is 1.39. The topological polar surface area (TPSA) is 78.3 Å². The number of nitrogens with two attached hydrogens (primary N) is 2. The first-order valence-corrected chi connectivity index (χ1v) is 1.79. The van der Waals surface area contributed by atoms with Crippen LogP contribution in [0.1, 0.15) is 0 Å². The SMILES string of the molecule is NOC(=O)C(N)=S. The van der Waals surface area contributed by atoms with Crippen LogP contribution in [0.25, 0.3) is 0 Å². The van der Waals surface area contributed by atoms with Crippen molar-refractivity contribution in [2.75, 3.05) is 0 Å². The summed E-state index contributed by atoms with van der Waals surface area (Å²) < 4.78 is 0. The van der Waals surface area contributed by atoms with E-state index in [9.17, 15) is 4.79 Å². The molecule has 0 unspecified atom stereocenters. The van der Waals surface area contributed by atoms with Gasteiger partial charge >= 0.3 is 5.97 Å². The zero-order chi connectivity index (χ0) is 5.86. The van der Waals surface area contributed by atoms with Crippen molar-refractivity contribution >= 4 is 23.2 Å². The maximum absolute atomic E-state index is 9.90. The number of carbonyl (C=O) groups excluding carboxylic acids is 1. The highest BCUT2D eigenvalue weighted by Gasteiger charge is 2.00. The molecule has 0 saturated heterocycles. The van der Waals surface area contributed by atoms with E-state index in [1.54, 1.807) is 0 Å². The lowest BCUT2D eigenvalue weighted by Crippen LogP contribution is -2.25. The molecule has 0 bridgehead atoms. The van der Waals surface area contributed by atoms with Crippen LogP contribution in [0.5, 0.6) is 0 Å². The molecule has 0 aliphatic heterocycles. The van der Waals surface area contributed by atoms with E-state index in [2.05, 4.69) is 23.0 Å². The van der Waals surface area contributed by atoms with Gasteiger partial charge in [-0.15, -0.1) is 0 Å². The van der Waals surface area contributed by atoms with Gasteiger partial charge in [-0.1, -0.05) is 12.2 Å². The van der Waals surface area contributed by atoms with Crippen molar-refractivity contribution in [2.45, 2.75) is 0 Å². The molecular formula is C2H4N2O2S. The van der Waals surface area contributed by atoms with E-state index in [-0.39, 0.29) is 4.99 Å². The Kier molecular flexibility index (Phi) is 2.24. The Bertz CT molecular complexity index is 102. The van der Waals surface area contributed by atoms with Crippen LogP contribution >= 0.6 is 12.2 Å². The van der Waals surface area contributed by atoms with Gasteiger partial charge in [0.2, 0.25) is 0 Å². The summed E-state index contributed by atoms with van der Waals surface area (Å²) in [4.78, 5) is 13.1. The molecule has 0 fully saturated rings. The van der Waals surface area contributed by atoms with Gasteiger partial charge in [-0.05, 0) is 0 Å². The average molecular weight is 120 g/mol. The predicted octanol–water partition coefficient (Wildman–Crippen LogP) is -1.31.